The van der Waals surface area contributed by atoms with Crippen LogP contribution in [0.2, 0.25) is 0 Å². The summed E-state index contributed by atoms with van der Waals surface area (Å²) in [5, 5.41) is 9.03. The Morgan fingerprint density at radius 1 is 1.15 bits per heavy atom. The summed E-state index contributed by atoms with van der Waals surface area (Å²) in [4.78, 5) is 17.6. The van der Waals surface area contributed by atoms with Gasteiger partial charge in [0, 0.05) is 30.9 Å². The van der Waals surface area contributed by atoms with Gasteiger partial charge in [-0.15, -0.1) is 0 Å². The highest BCUT2D eigenvalue weighted by Gasteiger charge is 2.24. The van der Waals surface area contributed by atoms with Crippen molar-refractivity contribution in [2.75, 3.05) is 19.7 Å². The first kappa shape index (κ1) is 22.9. The summed E-state index contributed by atoms with van der Waals surface area (Å²) in [6, 6.07) is 13.3. The number of hydrogen-bond donors (Lipinski definition) is 1. The van der Waals surface area contributed by atoms with E-state index >= 15 is 0 Å². The summed E-state index contributed by atoms with van der Waals surface area (Å²) in [7, 11) is 0. The van der Waals surface area contributed by atoms with Gasteiger partial charge in [0.15, 0.2) is 11.6 Å². The molecule has 1 N–H and O–H groups in total. The van der Waals surface area contributed by atoms with Crippen molar-refractivity contribution in [2.24, 2.45) is 0 Å². The molecule has 1 aromatic heterocycles. The number of carbonyl (C=O) groups is 1. The molecule has 0 unspecified atom stereocenters. The fourth-order valence-corrected chi connectivity index (χ4v) is 4.27. The van der Waals surface area contributed by atoms with Crippen LogP contribution in [0, 0.1) is 18.6 Å². The molecular formula is C26H26F2N2O3. The molecule has 2 heterocycles. The number of pyridine rings is 1. The van der Waals surface area contributed by atoms with Crippen LogP contribution >= 0.6 is 0 Å². The van der Waals surface area contributed by atoms with Crippen molar-refractivity contribution >= 4 is 5.91 Å². The van der Waals surface area contributed by atoms with E-state index in [1.165, 1.54) is 11.6 Å². The van der Waals surface area contributed by atoms with E-state index in [1.54, 1.807) is 29.3 Å². The normalized spacial score (nSPS) is 14.4. The lowest BCUT2D eigenvalue weighted by molar-refractivity contribution is -0.135. The maximum absolute atomic E-state index is 14.6. The summed E-state index contributed by atoms with van der Waals surface area (Å²) in [5.41, 5.74) is 3.82. The molecule has 0 aliphatic carbocycles. The van der Waals surface area contributed by atoms with Crippen LogP contribution in [0.1, 0.15) is 35.4 Å². The summed E-state index contributed by atoms with van der Waals surface area (Å²) < 4.78 is 34.3. The van der Waals surface area contributed by atoms with Crippen molar-refractivity contribution in [1.29, 1.82) is 0 Å². The molecular weight excluding hydrogens is 426 g/mol. The molecule has 7 heteroatoms. The Hall–Kier alpha value is -3.32. The van der Waals surface area contributed by atoms with E-state index in [1.807, 2.05) is 19.1 Å². The second-order valence-corrected chi connectivity index (χ2v) is 8.27. The average molecular weight is 453 g/mol. The van der Waals surface area contributed by atoms with Gasteiger partial charge in [0.2, 0.25) is 5.91 Å². The number of aliphatic hydroxyl groups is 1. The monoisotopic (exact) mass is 452 g/mol. The zero-order chi connectivity index (χ0) is 23.4. The number of piperidine rings is 1. The highest BCUT2D eigenvalue weighted by atomic mass is 19.1. The Kier molecular flexibility index (Phi) is 6.99. The molecule has 2 aromatic carbocycles. The third-order valence-electron chi connectivity index (χ3n) is 6.14. The molecule has 3 aromatic rings. The van der Waals surface area contributed by atoms with Crippen LogP contribution in [-0.4, -0.2) is 40.6 Å². The van der Waals surface area contributed by atoms with E-state index in [-0.39, 0.29) is 23.8 Å². The topological polar surface area (TPSA) is 62.7 Å². The minimum atomic E-state index is -0.769. The molecule has 5 nitrogen and oxygen atoms in total. The Morgan fingerprint density at radius 2 is 1.94 bits per heavy atom. The molecule has 1 aliphatic rings. The minimum Gasteiger partial charge on any atom is -0.485 e. The molecule has 172 valence electrons. The molecule has 4 rings (SSSR count). The molecule has 0 radical (unpaired) electrons. The van der Waals surface area contributed by atoms with Gasteiger partial charge < -0.3 is 14.7 Å². The summed E-state index contributed by atoms with van der Waals surface area (Å²) >= 11 is 0. The van der Waals surface area contributed by atoms with Gasteiger partial charge in [0.1, 0.15) is 19.0 Å². The molecule has 0 atom stereocenters. The third kappa shape index (κ3) is 5.20. The van der Waals surface area contributed by atoms with Crippen molar-refractivity contribution in [3.05, 3.63) is 83.1 Å². The zero-order valence-corrected chi connectivity index (χ0v) is 18.4. The number of aryl methyl sites for hydroxylation is 1. The van der Waals surface area contributed by atoms with E-state index in [9.17, 15) is 13.6 Å². The van der Waals surface area contributed by atoms with Crippen LogP contribution in [-0.2, 0) is 11.4 Å². The Balaban J connectivity index is 1.48. The van der Waals surface area contributed by atoms with E-state index in [4.69, 9.17) is 9.84 Å². The number of rotatable bonds is 6. The van der Waals surface area contributed by atoms with Crippen molar-refractivity contribution in [1.82, 2.24) is 9.88 Å². The highest BCUT2D eigenvalue weighted by molar-refractivity contribution is 5.77. The van der Waals surface area contributed by atoms with E-state index < -0.39 is 18.2 Å². The smallest absolute Gasteiger partial charge is 0.248 e. The van der Waals surface area contributed by atoms with E-state index in [0.717, 1.165) is 30.0 Å². The van der Waals surface area contributed by atoms with Crippen molar-refractivity contribution in [3.63, 3.8) is 0 Å². The number of hydrogen-bond acceptors (Lipinski definition) is 4. The van der Waals surface area contributed by atoms with Gasteiger partial charge in [-0.1, -0.05) is 24.3 Å². The van der Waals surface area contributed by atoms with Crippen molar-refractivity contribution in [2.45, 2.75) is 32.3 Å². The molecule has 1 fully saturated rings. The van der Waals surface area contributed by atoms with Crippen molar-refractivity contribution < 1.29 is 23.4 Å². The van der Waals surface area contributed by atoms with Gasteiger partial charge in [0.25, 0.3) is 0 Å². The standard InChI is InChI=1S/C26H26F2N2O3/c1-17-12-19(18-7-10-30(11-8-18)25(32)15-31)5-6-20(17)16-33-26-22(13-21(27)14-23(26)28)24-4-2-3-9-29-24/h2-6,9,12-14,18,31H,7-8,10-11,15-16H2,1H3. The van der Waals surface area contributed by atoms with E-state index in [2.05, 4.69) is 11.1 Å². The first-order chi connectivity index (χ1) is 16.0. The van der Waals surface area contributed by atoms with Crippen LogP contribution in [0.5, 0.6) is 5.75 Å². The largest absolute Gasteiger partial charge is 0.485 e. The zero-order valence-electron chi connectivity index (χ0n) is 18.4. The average Bonchev–Trinajstić information content (AvgIpc) is 2.84. The quantitative estimate of drug-likeness (QED) is 0.593. The van der Waals surface area contributed by atoms with Crippen LogP contribution in [0.3, 0.4) is 0 Å². The van der Waals surface area contributed by atoms with Gasteiger partial charge in [-0.05, 0) is 60.6 Å². The number of carbonyl (C=O) groups excluding carboxylic acids is 1. The number of nitrogens with zero attached hydrogens (tertiary/aromatic N) is 2. The van der Waals surface area contributed by atoms with Crippen LogP contribution in [0.25, 0.3) is 11.3 Å². The molecule has 1 saturated heterocycles. The molecule has 0 saturated carbocycles. The number of ether oxygens (including phenoxy) is 1. The second kappa shape index (κ2) is 10.1. The van der Waals surface area contributed by atoms with Crippen LogP contribution in [0.4, 0.5) is 8.78 Å². The molecule has 1 amide bonds. The van der Waals surface area contributed by atoms with Crippen LogP contribution in [0.15, 0.2) is 54.7 Å². The first-order valence-electron chi connectivity index (χ1n) is 11.0. The van der Waals surface area contributed by atoms with E-state index in [0.29, 0.717) is 24.7 Å². The summed E-state index contributed by atoms with van der Waals surface area (Å²) in [6.07, 6.45) is 3.25. The Bertz CT molecular complexity index is 1130. The number of benzene rings is 2. The molecule has 0 spiro atoms. The lowest BCUT2D eigenvalue weighted by Crippen LogP contribution is -2.39. The Labute approximate surface area is 191 Å². The van der Waals surface area contributed by atoms with Gasteiger partial charge in [-0.3, -0.25) is 9.78 Å². The predicted molar refractivity (Wildman–Crippen MR) is 121 cm³/mol. The number of likely N-dealkylation sites (tertiary alicyclic amines) is 1. The molecule has 33 heavy (non-hydrogen) atoms. The minimum absolute atomic E-state index is 0.0282. The van der Waals surface area contributed by atoms with Gasteiger partial charge >= 0.3 is 0 Å². The predicted octanol–water partition coefficient (Wildman–Crippen LogP) is 4.61. The van der Waals surface area contributed by atoms with Gasteiger partial charge in [-0.2, -0.15) is 0 Å². The lowest BCUT2D eigenvalue weighted by atomic mass is 9.88. The summed E-state index contributed by atoms with van der Waals surface area (Å²) in [5.74, 6) is -1.37. The molecule has 1 aliphatic heterocycles. The number of amides is 1. The maximum Gasteiger partial charge on any atom is 0.248 e. The second-order valence-electron chi connectivity index (χ2n) is 8.27. The summed E-state index contributed by atoms with van der Waals surface area (Å²) in [6.45, 7) is 2.93. The van der Waals surface area contributed by atoms with Crippen LogP contribution < -0.4 is 4.74 Å². The third-order valence-corrected chi connectivity index (χ3v) is 6.14. The lowest BCUT2D eigenvalue weighted by Gasteiger charge is -2.32. The fraction of sp³-hybridized carbons (Fsp3) is 0.308. The molecule has 0 bridgehead atoms. The number of aliphatic hydroxyl groups excluding tert-OH is 1. The number of aromatic nitrogens is 1. The number of halogens is 2. The van der Waals surface area contributed by atoms with Gasteiger partial charge in [0.05, 0.1) is 5.69 Å². The first-order valence-corrected chi connectivity index (χ1v) is 11.0. The van der Waals surface area contributed by atoms with Crippen molar-refractivity contribution in [3.8, 4) is 17.0 Å². The highest BCUT2D eigenvalue weighted by Crippen LogP contribution is 2.34. The maximum atomic E-state index is 14.6. The Morgan fingerprint density at radius 3 is 2.61 bits per heavy atom. The SMILES string of the molecule is Cc1cc(C2CCN(C(=O)CO)CC2)ccc1COc1c(F)cc(F)cc1-c1ccccn1. The van der Waals surface area contributed by atoms with Gasteiger partial charge in [-0.25, -0.2) is 8.78 Å². The fourth-order valence-electron chi connectivity index (χ4n) is 4.27.